The normalized spacial score (nSPS) is 11.1. The second-order valence-corrected chi connectivity index (χ2v) is 11.3. The zero-order valence-corrected chi connectivity index (χ0v) is 18.5. The van der Waals surface area contributed by atoms with Crippen molar-refractivity contribution in [3.05, 3.63) is 120 Å². The van der Waals surface area contributed by atoms with Crippen LogP contribution >= 0.6 is 18.9 Å². The first-order chi connectivity index (χ1) is 14.1. The van der Waals surface area contributed by atoms with Crippen LogP contribution in [0.25, 0.3) is 0 Å². The van der Waals surface area contributed by atoms with Gasteiger partial charge in [0.15, 0.2) is 0 Å². The maximum absolute atomic E-state index is 5.64. The molecule has 29 heavy (non-hydrogen) atoms. The Morgan fingerprint density at radius 2 is 1.00 bits per heavy atom. The van der Waals surface area contributed by atoms with Gasteiger partial charge in [-0.15, -0.1) is 0 Å². The van der Waals surface area contributed by atoms with E-state index in [0.717, 1.165) is 5.75 Å². The SMILES string of the molecule is COc1cccc(Cl)c1.C[PH](c1ccccc1)(c1ccccc1)c1ccccc1. The van der Waals surface area contributed by atoms with E-state index in [1.807, 2.05) is 18.2 Å². The van der Waals surface area contributed by atoms with Crippen LogP contribution in [0, 0.1) is 0 Å². The van der Waals surface area contributed by atoms with E-state index < -0.39 is 7.26 Å². The fraction of sp³-hybridized carbons (Fsp3) is 0.0769. The molecule has 0 spiro atoms. The summed E-state index contributed by atoms with van der Waals surface area (Å²) in [5.74, 6) is 0.794. The van der Waals surface area contributed by atoms with Gasteiger partial charge in [0.05, 0.1) is 7.11 Å². The van der Waals surface area contributed by atoms with Crippen LogP contribution in [0.4, 0.5) is 0 Å². The van der Waals surface area contributed by atoms with Crippen molar-refractivity contribution in [2.24, 2.45) is 0 Å². The van der Waals surface area contributed by atoms with Gasteiger partial charge in [-0.2, -0.15) is 0 Å². The Balaban J connectivity index is 0.000000224. The number of halogens is 1. The Bertz CT molecular complexity index is 908. The zero-order valence-electron chi connectivity index (χ0n) is 16.8. The molecule has 0 aliphatic carbocycles. The van der Waals surface area contributed by atoms with E-state index in [-0.39, 0.29) is 0 Å². The van der Waals surface area contributed by atoms with Crippen LogP contribution < -0.4 is 20.7 Å². The van der Waals surface area contributed by atoms with Crippen molar-refractivity contribution in [2.45, 2.75) is 0 Å². The molecule has 0 aromatic heterocycles. The van der Waals surface area contributed by atoms with Crippen LogP contribution in [0.2, 0.25) is 5.02 Å². The first-order valence-corrected chi connectivity index (χ1v) is 12.5. The topological polar surface area (TPSA) is 9.23 Å². The summed E-state index contributed by atoms with van der Waals surface area (Å²) in [6, 6.07) is 40.0. The molecule has 0 unspecified atom stereocenters. The van der Waals surface area contributed by atoms with Gasteiger partial charge < -0.3 is 4.74 Å². The summed E-state index contributed by atoms with van der Waals surface area (Å²) in [6.07, 6.45) is 0. The third-order valence-corrected chi connectivity index (χ3v) is 9.78. The summed E-state index contributed by atoms with van der Waals surface area (Å²) in [7, 11) is -0.261. The molecule has 0 N–H and O–H groups in total. The van der Waals surface area contributed by atoms with Crippen LogP contribution in [0.1, 0.15) is 0 Å². The van der Waals surface area contributed by atoms with Crippen LogP contribution in [-0.2, 0) is 0 Å². The standard InChI is InChI=1S/C19H19P.C7H7ClO/c1-20(17-11-5-2-6-12-17,18-13-7-3-8-14-18)19-15-9-4-10-16-19;1-9-7-4-2-3-6(8)5-7/h2-16,20H,1H3;2-5H,1H3. The minimum absolute atomic E-state index is 0.703. The molecule has 0 radical (unpaired) electrons. The quantitative estimate of drug-likeness (QED) is 0.385. The molecule has 4 aromatic carbocycles. The molecule has 0 heterocycles. The Labute approximate surface area is 179 Å². The monoisotopic (exact) mass is 420 g/mol. The molecule has 0 aliphatic rings. The summed E-state index contributed by atoms with van der Waals surface area (Å²) in [5.41, 5.74) is 0. The Hall–Kier alpha value is -2.60. The van der Waals surface area contributed by atoms with Gasteiger partial charge in [0.1, 0.15) is 5.75 Å². The summed E-state index contributed by atoms with van der Waals surface area (Å²) in [6.45, 7) is 2.44. The van der Waals surface area contributed by atoms with E-state index in [2.05, 4.69) is 97.7 Å². The van der Waals surface area contributed by atoms with Gasteiger partial charge in [-0.05, 0) is 18.2 Å². The first-order valence-electron chi connectivity index (χ1n) is 9.60. The van der Waals surface area contributed by atoms with Gasteiger partial charge in [0.2, 0.25) is 0 Å². The van der Waals surface area contributed by atoms with E-state index >= 15 is 0 Å². The third kappa shape index (κ3) is 5.26. The molecule has 0 saturated heterocycles. The minimum atomic E-state index is -1.88. The van der Waals surface area contributed by atoms with Crippen molar-refractivity contribution in [1.82, 2.24) is 0 Å². The second kappa shape index (κ2) is 10.3. The number of hydrogen-bond donors (Lipinski definition) is 0. The molecule has 0 fully saturated rings. The van der Waals surface area contributed by atoms with Crippen molar-refractivity contribution < 1.29 is 4.74 Å². The average Bonchev–Trinajstić information content (AvgIpc) is 2.80. The van der Waals surface area contributed by atoms with E-state index in [9.17, 15) is 0 Å². The van der Waals surface area contributed by atoms with Crippen molar-refractivity contribution in [2.75, 3.05) is 13.8 Å². The predicted octanol–water partition coefficient (Wildman–Crippen LogP) is 5.69. The van der Waals surface area contributed by atoms with E-state index in [0.29, 0.717) is 5.02 Å². The summed E-state index contributed by atoms with van der Waals surface area (Å²) in [5, 5.41) is 5.07. The summed E-state index contributed by atoms with van der Waals surface area (Å²) >= 11 is 5.64. The molecule has 0 atom stereocenters. The maximum atomic E-state index is 5.64. The predicted molar refractivity (Wildman–Crippen MR) is 130 cm³/mol. The van der Waals surface area contributed by atoms with Crippen molar-refractivity contribution in [1.29, 1.82) is 0 Å². The van der Waals surface area contributed by atoms with E-state index in [1.165, 1.54) is 15.9 Å². The zero-order chi connectivity index (χ0) is 20.5. The number of ether oxygens (including phenoxy) is 1. The fourth-order valence-corrected chi connectivity index (χ4v) is 7.17. The van der Waals surface area contributed by atoms with Gasteiger partial charge in [-0.1, -0.05) is 17.7 Å². The molecular weight excluding hydrogens is 395 g/mol. The molecule has 0 aliphatic heterocycles. The summed E-state index contributed by atoms with van der Waals surface area (Å²) in [4.78, 5) is 0. The Morgan fingerprint density at radius 3 is 1.31 bits per heavy atom. The molecule has 148 valence electrons. The van der Waals surface area contributed by atoms with Crippen molar-refractivity contribution in [3.8, 4) is 5.75 Å². The molecule has 4 rings (SSSR count). The fourth-order valence-electron chi connectivity index (χ4n) is 3.41. The van der Waals surface area contributed by atoms with Crippen LogP contribution in [-0.4, -0.2) is 13.8 Å². The molecule has 1 nitrogen and oxygen atoms in total. The van der Waals surface area contributed by atoms with Gasteiger partial charge in [0, 0.05) is 5.02 Å². The summed E-state index contributed by atoms with van der Waals surface area (Å²) < 4.78 is 4.91. The molecule has 0 saturated carbocycles. The van der Waals surface area contributed by atoms with Gasteiger partial charge in [-0.3, -0.25) is 0 Å². The van der Waals surface area contributed by atoms with Crippen molar-refractivity contribution in [3.63, 3.8) is 0 Å². The van der Waals surface area contributed by atoms with Crippen LogP contribution in [0.15, 0.2) is 115 Å². The van der Waals surface area contributed by atoms with E-state index in [4.69, 9.17) is 16.3 Å². The van der Waals surface area contributed by atoms with Gasteiger partial charge in [-0.25, -0.2) is 0 Å². The van der Waals surface area contributed by atoms with Crippen LogP contribution in [0.3, 0.4) is 0 Å². The van der Waals surface area contributed by atoms with Gasteiger partial charge >= 0.3 is 121 Å². The number of benzene rings is 4. The average molecular weight is 421 g/mol. The van der Waals surface area contributed by atoms with Crippen LogP contribution in [0.5, 0.6) is 5.75 Å². The molecule has 4 aromatic rings. The second-order valence-electron chi connectivity index (χ2n) is 6.88. The Kier molecular flexibility index (Phi) is 7.47. The molecule has 3 heteroatoms. The molecular formula is C26H26ClOP. The number of methoxy groups -OCH3 is 1. The molecule has 0 bridgehead atoms. The molecule has 0 amide bonds. The van der Waals surface area contributed by atoms with E-state index in [1.54, 1.807) is 13.2 Å². The third-order valence-electron chi connectivity index (χ3n) is 5.09. The van der Waals surface area contributed by atoms with Crippen molar-refractivity contribution >= 4 is 34.8 Å². The number of hydrogen-bond acceptors (Lipinski definition) is 1. The van der Waals surface area contributed by atoms with Gasteiger partial charge in [0.25, 0.3) is 0 Å². The first kappa shape index (κ1) is 21.1. The Morgan fingerprint density at radius 1 is 0.586 bits per heavy atom. The number of rotatable bonds is 4.